The lowest BCUT2D eigenvalue weighted by molar-refractivity contribution is -0.116. The van der Waals surface area contributed by atoms with Gasteiger partial charge in [0, 0.05) is 30.9 Å². The molecule has 0 aromatic heterocycles. The number of ether oxygens (including phenoxy) is 1. The third kappa shape index (κ3) is 4.89. The van der Waals surface area contributed by atoms with Crippen molar-refractivity contribution in [1.82, 2.24) is 4.90 Å². The molecule has 1 aliphatic heterocycles. The van der Waals surface area contributed by atoms with Crippen LogP contribution >= 0.6 is 0 Å². The highest BCUT2D eigenvalue weighted by Gasteiger charge is 2.10. The lowest BCUT2D eigenvalue weighted by Crippen LogP contribution is -2.37. The molecular weight excluding hydrogens is 242 g/mol. The Balaban J connectivity index is 1.67. The van der Waals surface area contributed by atoms with Crippen LogP contribution in [-0.4, -0.2) is 43.7 Å². The van der Waals surface area contributed by atoms with Crippen LogP contribution in [0.1, 0.15) is 12.8 Å². The van der Waals surface area contributed by atoms with E-state index in [2.05, 4.69) is 10.2 Å². The third-order valence-electron chi connectivity index (χ3n) is 3.15. The molecule has 1 saturated heterocycles. The van der Waals surface area contributed by atoms with Crippen LogP contribution in [0.5, 0.6) is 0 Å². The molecule has 19 heavy (non-hydrogen) atoms. The molecule has 1 fully saturated rings. The summed E-state index contributed by atoms with van der Waals surface area (Å²) in [5.41, 5.74) is 7.08. The van der Waals surface area contributed by atoms with Gasteiger partial charge in [-0.3, -0.25) is 9.69 Å². The van der Waals surface area contributed by atoms with E-state index in [1.165, 1.54) is 0 Å². The van der Waals surface area contributed by atoms with Gasteiger partial charge in [-0.1, -0.05) is 6.07 Å². The van der Waals surface area contributed by atoms with Gasteiger partial charge in [0.2, 0.25) is 5.91 Å². The number of anilines is 2. The van der Waals surface area contributed by atoms with E-state index in [1.807, 2.05) is 12.1 Å². The second-order valence-corrected chi connectivity index (χ2v) is 4.73. The molecule has 1 aromatic rings. The van der Waals surface area contributed by atoms with E-state index in [1.54, 1.807) is 12.1 Å². The fourth-order valence-electron chi connectivity index (χ4n) is 2.13. The first-order valence-electron chi connectivity index (χ1n) is 6.69. The molecule has 0 spiro atoms. The lowest BCUT2D eigenvalue weighted by Gasteiger charge is -2.26. The van der Waals surface area contributed by atoms with Gasteiger partial charge in [0.05, 0.1) is 13.2 Å². The van der Waals surface area contributed by atoms with Gasteiger partial charge in [-0.2, -0.15) is 0 Å². The number of morpholine rings is 1. The van der Waals surface area contributed by atoms with E-state index < -0.39 is 0 Å². The van der Waals surface area contributed by atoms with E-state index in [4.69, 9.17) is 10.5 Å². The molecule has 1 heterocycles. The second kappa shape index (κ2) is 7.11. The van der Waals surface area contributed by atoms with Gasteiger partial charge in [-0.15, -0.1) is 0 Å². The normalized spacial score (nSPS) is 16.2. The molecule has 0 bridgehead atoms. The zero-order valence-corrected chi connectivity index (χ0v) is 11.1. The van der Waals surface area contributed by atoms with Crippen molar-refractivity contribution in [2.24, 2.45) is 0 Å². The van der Waals surface area contributed by atoms with E-state index in [-0.39, 0.29) is 5.91 Å². The Bertz CT molecular complexity index is 417. The quantitative estimate of drug-likeness (QED) is 0.786. The lowest BCUT2D eigenvalue weighted by atomic mass is 10.2. The van der Waals surface area contributed by atoms with Crippen molar-refractivity contribution in [3.63, 3.8) is 0 Å². The zero-order valence-electron chi connectivity index (χ0n) is 11.1. The Labute approximate surface area is 113 Å². The predicted molar refractivity (Wildman–Crippen MR) is 76.0 cm³/mol. The number of nitrogens with zero attached hydrogens (tertiary/aromatic N) is 1. The van der Waals surface area contributed by atoms with Gasteiger partial charge >= 0.3 is 0 Å². The van der Waals surface area contributed by atoms with Crippen LogP contribution in [0.3, 0.4) is 0 Å². The highest BCUT2D eigenvalue weighted by Crippen LogP contribution is 2.12. The summed E-state index contributed by atoms with van der Waals surface area (Å²) in [6.07, 6.45) is 1.40. The smallest absolute Gasteiger partial charge is 0.224 e. The van der Waals surface area contributed by atoms with Crippen LogP contribution in [0.4, 0.5) is 11.4 Å². The van der Waals surface area contributed by atoms with Crippen molar-refractivity contribution in [3.05, 3.63) is 24.3 Å². The standard InChI is InChI=1S/C14H21N3O2/c15-12-3-1-4-13(11-12)16-14(18)5-2-6-17-7-9-19-10-8-17/h1,3-4,11H,2,5-10,15H2,(H,16,18). The molecule has 1 amide bonds. The molecule has 1 aromatic carbocycles. The number of hydrogen-bond acceptors (Lipinski definition) is 4. The van der Waals surface area contributed by atoms with Gasteiger partial charge in [0.25, 0.3) is 0 Å². The fourth-order valence-corrected chi connectivity index (χ4v) is 2.13. The van der Waals surface area contributed by atoms with Crippen LogP contribution in [0, 0.1) is 0 Å². The van der Waals surface area contributed by atoms with Gasteiger partial charge in [0.1, 0.15) is 0 Å². The monoisotopic (exact) mass is 263 g/mol. The van der Waals surface area contributed by atoms with E-state index >= 15 is 0 Å². The SMILES string of the molecule is Nc1cccc(NC(=O)CCCN2CCOCC2)c1. The first kappa shape index (κ1) is 13.8. The summed E-state index contributed by atoms with van der Waals surface area (Å²) in [4.78, 5) is 14.1. The van der Waals surface area contributed by atoms with Crippen LogP contribution in [0.25, 0.3) is 0 Å². The van der Waals surface area contributed by atoms with Gasteiger partial charge in [-0.25, -0.2) is 0 Å². The number of rotatable bonds is 5. The van der Waals surface area contributed by atoms with Crippen molar-refractivity contribution in [3.8, 4) is 0 Å². The highest BCUT2D eigenvalue weighted by atomic mass is 16.5. The largest absolute Gasteiger partial charge is 0.399 e. The average molecular weight is 263 g/mol. The molecule has 3 N–H and O–H groups in total. The number of nitrogens with two attached hydrogens (primary N) is 1. The number of nitrogen functional groups attached to an aromatic ring is 1. The number of carbonyl (C=O) groups excluding carboxylic acids is 1. The topological polar surface area (TPSA) is 67.6 Å². The van der Waals surface area contributed by atoms with Crippen LogP contribution in [0.15, 0.2) is 24.3 Å². The number of carbonyl (C=O) groups is 1. The summed E-state index contributed by atoms with van der Waals surface area (Å²) in [6.45, 7) is 4.49. The summed E-state index contributed by atoms with van der Waals surface area (Å²) < 4.78 is 5.28. The molecule has 5 heteroatoms. The molecule has 1 aliphatic rings. The Hall–Kier alpha value is -1.59. The minimum Gasteiger partial charge on any atom is -0.399 e. The summed E-state index contributed by atoms with van der Waals surface area (Å²) in [5.74, 6) is 0.0406. The summed E-state index contributed by atoms with van der Waals surface area (Å²) in [6, 6.07) is 7.24. The van der Waals surface area contributed by atoms with Crippen molar-refractivity contribution >= 4 is 17.3 Å². The van der Waals surface area contributed by atoms with Gasteiger partial charge in [-0.05, 0) is 31.2 Å². The Morgan fingerprint density at radius 1 is 1.37 bits per heavy atom. The minimum atomic E-state index is 0.0406. The molecular formula is C14H21N3O2. The number of hydrogen-bond donors (Lipinski definition) is 2. The van der Waals surface area contributed by atoms with Crippen molar-refractivity contribution in [2.75, 3.05) is 43.9 Å². The van der Waals surface area contributed by atoms with Gasteiger partial charge < -0.3 is 15.8 Å². The summed E-state index contributed by atoms with van der Waals surface area (Å²) in [7, 11) is 0. The molecule has 0 aliphatic carbocycles. The van der Waals surface area contributed by atoms with E-state index in [0.717, 1.165) is 45.0 Å². The first-order valence-corrected chi connectivity index (χ1v) is 6.69. The van der Waals surface area contributed by atoms with Gasteiger partial charge in [0.15, 0.2) is 0 Å². The number of amides is 1. The number of nitrogens with one attached hydrogen (secondary N) is 1. The molecule has 104 valence electrons. The minimum absolute atomic E-state index is 0.0406. The Kier molecular flexibility index (Phi) is 5.18. The van der Waals surface area contributed by atoms with Crippen LogP contribution in [-0.2, 0) is 9.53 Å². The maximum Gasteiger partial charge on any atom is 0.224 e. The maximum absolute atomic E-state index is 11.8. The molecule has 0 saturated carbocycles. The Morgan fingerprint density at radius 3 is 2.89 bits per heavy atom. The molecule has 2 rings (SSSR count). The average Bonchev–Trinajstić information content (AvgIpc) is 2.40. The second-order valence-electron chi connectivity index (χ2n) is 4.73. The third-order valence-corrected chi connectivity index (χ3v) is 3.15. The fraction of sp³-hybridized carbons (Fsp3) is 0.500. The highest BCUT2D eigenvalue weighted by molar-refractivity contribution is 5.91. The first-order chi connectivity index (χ1) is 9.24. The molecule has 0 unspecified atom stereocenters. The van der Waals surface area contributed by atoms with Crippen molar-refractivity contribution < 1.29 is 9.53 Å². The molecule has 5 nitrogen and oxygen atoms in total. The van der Waals surface area contributed by atoms with Crippen molar-refractivity contribution in [2.45, 2.75) is 12.8 Å². The Morgan fingerprint density at radius 2 is 2.16 bits per heavy atom. The summed E-state index contributed by atoms with van der Waals surface area (Å²) in [5, 5.41) is 2.86. The van der Waals surface area contributed by atoms with Crippen molar-refractivity contribution in [1.29, 1.82) is 0 Å². The molecule has 0 atom stereocenters. The van der Waals surface area contributed by atoms with E-state index in [9.17, 15) is 4.79 Å². The zero-order chi connectivity index (χ0) is 13.5. The maximum atomic E-state index is 11.8. The number of benzene rings is 1. The predicted octanol–water partition coefficient (Wildman–Crippen LogP) is 1.32. The van der Waals surface area contributed by atoms with Crippen LogP contribution in [0.2, 0.25) is 0 Å². The van der Waals surface area contributed by atoms with Crippen LogP contribution < -0.4 is 11.1 Å². The summed E-state index contributed by atoms with van der Waals surface area (Å²) >= 11 is 0. The van der Waals surface area contributed by atoms with E-state index in [0.29, 0.717) is 12.1 Å². The molecule has 0 radical (unpaired) electrons.